The smallest absolute Gasteiger partial charge is 0.276 e. The van der Waals surface area contributed by atoms with Crippen molar-refractivity contribution in [1.82, 2.24) is 15.0 Å². The average Bonchev–Trinajstić information content (AvgIpc) is 3.41. The van der Waals surface area contributed by atoms with E-state index in [1.54, 1.807) is 18.1 Å². The Morgan fingerprint density at radius 2 is 1.93 bits per heavy atom. The number of hydrogen-bond acceptors (Lipinski definition) is 5. The van der Waals surface area contributed by atoms with E-state index < -0.39 is 0 Å². The summed E-state index contributed by atoms with van der Waals surface area (Å²) in [6.45, 7) is 6.76. The van der Waals surface area contributed by atoms with Gasteiger partial charge in [-0.1, -0.05) is 22.9 Å². The van der Waals surface area contributed by atoms with Gasteiger partial charge in [-0.15, -0.1) is 0 Å². The maximum atomic E-state index is 13.0. The Bertz CT molecular complexity index is 855. The summed E-state index contributed by atoms with van der Waals surface area (Å²) in [6, 6.07) is 7.74. The molecule has 1 fully saturated rings. The summed E-state index contributed by atoms with van der Waals surface area (Å²) in [4.78, 5) is 28.8. The Labute approximate surface area is 171 Å². The zero-order valence-corrected chi connectivity index (χ0v) is 17.4. The van der Waals surface area contributed by atoms with E-state index in [1.165, 1.54) is 0 Å². The lowest BCUT2D eigenvalue weighted by Gasteiger charge is -2.22. The Balaban J connectivity index is 1.71. The molecule has 29 heavy (non-hydrogen) atoms. The summed E-state index contributed by atoms with van der Waals surface area (Å²) < 4.78 is 10.6. The molecule has 3 rings (SSSR count). The van der Waals surface area contributed by atoms with E-state index in [-0.39, 0.29) is 17.5 Å². The van der Waals surface area contributed by atoms with Crippen LogP contribution in [0.3, 0.4) is 0 Å². The molecule has 7 heteroatoms. The number of carbonyl (C=O) groups is 2. The minimum atomic E-state index is -0.253. The number of likely N-dealkylation sites (tertiary alicyclic amines) is 1. The number of rotatable bonds is 8. The van der Waals surface area contributed by atoms with Crippen LogP contribution in [0.5, 0.6) is 0 Å². The van der Waals surface area contributed by atoms with Crippen molar-refractivity contribution in [2.24, 2.45) is 0 Å². The van der Waals surface area contributed by atoms with E-state index in [4.69, 9.17) is 9.26 Å². The van der Waals surface area contributed by atoms with Gasteiger partial charge >= 0.3 is 0 Å². The van der Waals surface area contributed by atoms with Crippen LogP contribution in [0.15, 0.2) is 28.8 Å². The molecule has 2 aromatic rings. The number of amides is 2. The van der Waals surface area contributed by atoms with Crippen molar-refractivity contribution in [2.45, 2.75) is 33.1 Å². The van der Waals surface area contributed by atoms with Crippen LogP contribution < -0.4 is 0 Å². The molecule has 0 radical (unpaired) electrons. The second kappa shape index (κ2) is 9.69. The molecule has 0 saturated carbocycles. The van der Waals surface area contributed by atoms with Crippen molar-refractivity contribution in [1.29, 1.82) is 0 Å². The highest BCUT2D eigenvalue weighted by Crippen LogP contribution is 2.25. The minimum Gasteiger partial charge on any atom is -0.383 e. The second-order valence-corrected chi connectivity index (χ2v) is 7.52. The van der Waals surface area contributed by atoms with Gasteiger partial charge in [0.25, 0.3) is 5.91 Å². The predicted molar refractivity (Wildman–Crippen MR) is 110 cm³/mol. The number of aromatic nitrogens is 1. The number of hydrogen-bond donors (Lipinski definition) is 0. The van der Waals surface area contributed by atoms with Crippen molar-refractivity contribution >= 4 is 11.8 Å². The molecule has 1 aromatic carbocycles. The number of ether oxygens (including phenoxy) is 1. The topological polar surface area (TPSA) is 75.9 Å². The molecule has 1 saturated heterocycles. The van der Waals surface area contributed by atoms with Crippen LogP contribution in [0.4, 0.5) is 0 Å². The highest BCUT2D eigenvalue weighted by atomic mass is 16.5. The number of benzene rings is 1. The normalized spacial score (nSPS) is 13.7. The van der Waals surface area contributed by atoms with Gasteiger partial charge in [0.15, 0.2) is 11.5 Å². The summed E-state index contributed by atoms with van der Waals surface area (Å²) >= 11 is 0. The lowest BCUT2D eigenvalue weighted by Crippen LogP contribution is -2.38. The number of carbonyl (C=O) groups excluding carboxylic acids is 2. The van der Waals surface area contributed by atoms with Crippen LogP contribution in [0, 0.1) is 13.8 Å². The van der Waals surface area contributed by atoms with E-state index in [0.29, 0.717) is 31.9 Å². The molecule has 0 bridgehead atoms. The Kier molecular flexibility index (Phi) is 7.04. The van der Waals surface area contributed by atoms with E-state index in [1.807, 2.05) is 36.9 Å². The monoisotopic (exact) mass is 399 g/mol. The van der Waals surface area contributed by atoms with Gasteiger partial charge < -0.3 is 19.1 Å². The first-order valence-electron chi connectivity index (χ1n) is 10.1. The third-order valence-electron chi connectivity index (χ3n) is 5.29. The number of nitrogens with zero attached hydrogens (tertiary/aromatic N) is 3. The maximum absolute atomic E-state index is 13.0. The second-order valence-electron chi connectivity index (χ2n) is 7.52. The summed E-state index contributed by atoms with van der Waals surface area (Å²) in [5.74, 6) is 0.403. The van der Waals surface area contributed by atoms with Gasteiger partial charge in [0.1, 0.15) is 0 Å². The first kappa shape index (κ1) is 21.0. The molecular weight excluding hydrogens is 370 g/mol. The molecule has 0 unspecified atom stereocenters. The Morgan fingerprint density at radius 3 is 2.66 bits per heavy atom. The van der Waals surface area contributed by atoms with Gasteiger partial charge in [-0.25, -0.2) is 0 Å². The molecule has 1 aliphatic rings. The molecule has 2 heterocycles. The van der Waals surface area contributed by atoms with E-state index in [9.17, 15) is 9.59 Å². The van der Waals surface area contributed by atoms with Crippen LogP contribution in [0.1, 0.15) is 40.9 Å². The molecule has 0 aliphatic carbocycles. The van der Waals surface area contributed by atoms with Gasteiger partial charge in [-0.3, -0.25) is 9.59 Å². The lowest BCUT2D eigenvalue weighted by molar-refractivity contribution is -0.130. The fourth-order valence-corrected chi connectivity index (χ4v) is 3.54. The van der Waals surface area contributed by atoms with Crippen molar-refractivity contribution in [3.8, 4) is 11.3 Å². The molecule has 0 spiro atoms. The van der Waals surface area contributed by atoms with Crippen molar-refractivity contribution in [3.63, 3.8) is 0 Å². The van der Waals surface area contributed by atoms with Crippen molar-refractivity contribution in [3.05, 3.63) is 41.1 Å². The summed E-state index contributed by atoms with van der Waals surface area (Å²) in [6.07, 6.45) is 2.41. The van der Waals surface area contributed by atoms with Gasteiger partial charge in [-0.2, -0.15) is 0 Å². The fourth-order valence-electron chi connectivity index (χ4n) is 3.54. The van der Waals surface area contributed by atoms with Crippen molar-refractivity contribution < 1.29 is 18.8 Å². The molecule has 2 amide bonds. The molecule has 1 aromatic heterocycles. The molecule has 1 aliphatic heterocycles. The van der Waals surface area contributed by atoms with Crippen molar-refractivity contribution in [2.75, 3.05) is 39.9 Å². The van der Waals surface area contributed by atoms with Gasteiger partial charge in [-0.05, 0) is 38.3 Å². The number of aryl methyl sites for hydroxylation is 2. The summed E-state index contributed by atoms with van der Waals surface area (Å²) in [5.41, 5.74) is 3.32. The van der Waals surface area contributed by atoms with Gasteiger partial charge in [0, 0.05) is 51.3 Å². The quantitative estimate of drug-likeness (QED) is 0.682. The van der Waals surface area contributed by atoms with Gasteiger partial charge in [0.05, 0.1) is 6.61 Å². The highest BCUT2D eigenvalue weighted by Gasteiger charge is 2.23. The fraction of sp³-hybridized carbons (Fsp3) is 0.500. The Hall–Kier alpha value is -2.67. The van der Waals surface area contributed by atoms with Crippen LogP contribution in [0.25, 0.3) is 11.3 Å². The van der Waals surface area contributed by atoms with Gasteiger partial charge in [0.2, 0.25) is 5.91 Å². The zero-order valence-electron chi connectivity index (χ0n) is 17.4. The van der Waals surface area contributed by atoms with E-state index >= 15 is 0 Å². The largest absolute Gasteiger partial charge is 0.383 e. The average molecular weight is 399 g/mol. The predicted octanol–water partition coefficient (Wildman–Crippen LogP) is 3.06. The highest BCUT2D eigenvalue weighted by molar-refractivity contribution is 5.93. The maximum Gasteiger partial charge on any atom is 0.276 e. The standard InChI is InChI=1S/C22H29N3O4/c1-16-6-7-17(2)18(14-16)20-15-19(23-29-20)22(27)25(12-13-28-3)11-8-21(26)24-9-4-5-10-24/h6-7,14-15H,4-5,8-13H2,1-3H3. The van der Waals surface area contributed by atoms with Crippen LogP contribution >= 0.6 is 0 Å². The number of methoxy groups -OCH3 is 1. The molecule has 0 N–H and O–H groups in total. The molecule has 7 nitrogen and oxygen atoms in total. The third kappa shape index (κ3) is 5.23. The van der Waals surface area contributed by atoms with Crippen LogP contribution in [-0.4, -0.2) is 66.7 Å². The SMILES string of the molecule is COCCN(CCC(=O)N1CCCC1)C(=O)c1cc(-c2cc(C)ccc2C)on1. The zero-order chi connectivity index (χ0) is 20.8. The minimum absolute atomic E-state index is 0.0916. The van der Waals surface area contributed by atoms with E-state index in [2.05, 4.69) is 5.16 Å². The lowest BCUT2D eigenvalue weighted by atomic mass is 10.0. The third-order valence-corrected chi connectivity index (χ3v) is 5.29. The van der Waals surface area contributed by atoms with Crippen LogP contribution in [0.2, 0.25) is 0 Å². The Morgan fingerprint density at radius 1 is 1.17 bits per heavy atom. The van der Waals surface area contributed by atoms with E-state index in [0.717, 1.165) is 42.6 Å². The van der Waals surface area contributed by atoms with Crippen LogP contribution in [-0.2, 0) is 9.53 Å². The first-order valence-corrected chi connectivity index (χ1v) is 10.1. The molecule has 0 atom stereocenters. The molecular formula is C22H29N3O4. The summed E-state index contributed by atoms with van der Waals surface area (Å²) in [7, 11) is 1.59. The molecule has 156 valence electrons. The summed E-state index contributed by atoms with van der Waals surface area (Å²) in [5, 5.41) is 3.99. The first-order chi connectivity index (χ1) is 14.0.